The number of aromatic nitrogens is 1. The van der Waals surface area contributed by atoms with Gasteiger partial charge in [0.1, 0.15) is 0 Å². The van der Waals surface area contributed by atoms with Crippen LogP contribution in [0.1, 0.15) is 5.56 Å². The second-order valence-electron chi connectivity index (χ2n) is 4.80. The van der Waals surface area contributed by atoms with Gasteiger partial charge in [-0.1, -0.05) is 57.9 Å². The topological polar surface area (TPSA) is 12.9 Å². The van der Waals surface area contributed by atoms with Gasteiger partial charge in [0.2, 0.25) is 0 Å². The van der Waals surface area contributed by atoms with Crippen molar-refractivity contribution in [3.05, 3.63) is 76.9 Å². The lowest BCUT2D eigenvalue weighted by molar-refractivity contribution is 1.32. The molecule has 0 aliphatic heterocycles. The summed E-state index contributed by atoms with van der Waals surface area (Å²) in [6.07, 6.45) is 1.87. The van der Waals surface area contributed by atoms with Crippen molar-refractivity contribution in [1.82, 2.24) is 4.98 Å². The molecule has 20 heavy (non-hydrogen) atoms. The molecule has 0 N–H and O–H groups in total. The van der Waals surface area contributed by atoms with Crippen LogP contribution in [0.15, 0.2) is 71.3 Å². The van der Waals surface area contributed by atoms with Gasteiger partial charge in [0.15, 0.2) is 0 Å². The van der Waals surface area contributed by atoms with Crippen molar-refractivity contribution in [3.63, 3.8) is 0 Å². The van der Waals surface area contributed by atoms with E-state index in [1.165, 1.54) is 16.7 Å². The van der Waals surface area contributed by atoms with Gasteiger partial charge >= 0.3 is 0 Å². The number of aryl methyl sites for hydroxylation is 1. The summed E-state index contributed by atoms with van der Waals surface area (Å²) >= 11 is 3.46. The molecule has 0 atom stereocenters. The molecule has 0 bridgehead atoms. The normalized spacial score (nSPS) is 10.5. The van der Waals surface area contributed by atoms with Gasteiger partial charge in [0, 0.05) is 16.2 Å². The average Bonchev–Trinajstić information content (AvgIpc) is 2.49. The highest BCUT2D eigenvalue weighted by atomic mass is 79.9. The molecule has 0 radical (unpaired) electrons. The zero-order valence-electron chi connectivity index (χ0n) is 11.2. The van der Waals surface area contributed by atoms with Gasteiger partial charge in [-0.15, -0.1) is 0 Å². The highest BCUT2D eigenvalue weighted by Gasteiger charge is 2.03. The van der Waals surface area contributed by atoms with Gasteiger partial charge in [-0.2, -0.15) is 0 Å². The number of hydrogen-bond donors (Lipinski definition) is 0. The van der Waals surface area contributed by atoms with Crippen molar-refractivity contribution < 1.29 is 0 Å². The van der Waals surface area contributed by atoms with Crippen molar-refractivity contribution in [2.75, 3.05) is 0 Å². The van der Waals surface area contributed by atoms with Crippen molar-refractivity contribution in [1.29, 1.82) is 0 Å². The SMILES string of the molecule is Cc1ccc(-c2ccnc(-c3ccc(Br)cc3)c2)cc1. The first-order valence-electron chi connectivity index (χ1n) is 6.51. The van der Waals surface area contributed by atoms with Crippen LogP contribution in [0.3, 0.4) is 0 Å². The number of rotatable bonds is 2. The first-order chi connectivity index (χ1) is 9.72. The Hall–Kier alpha value is -1.93. The van der Waals surface area contributed by atoms with Crippen molar-refractivity contribution >= 4 is 15.9 Å². The van der Waals surface area contributed by atoms with Gasteiger partial charge in [-0.05, 0) is 42.3 Å². The molecule has 2 aromatic carbocycles. The molecule has 0 saturated heterocycles. The second-order valence-corrected chi connectivity index (χ2v) is 5.72. The molecule has 3 rings (SSSR count). The van der Waals surface area contributed by atoms with Crippen molar-refractivity contribution in [2.45, 2.75) is 6.92 Å². The Morgan fingerprint density at radius 3 is 2.10 bits per heavy atom. The van der Waals surface area contributed by atoms with Crippen molar-refractivity contribution in [2.24, 2.45) is 0 Å². The molecule has 0 aliphatic rings. The molecular formula is C18H14BrN. The Kier molecular flexibility index (Phi) is 3.66. The summed E-state index contributed by atoms with van der Waals surface area (Å²) in [5, 5.41) is 0. The third kappa shape index (κ3) is 2.81. The van der Waals surface area contributed by atoms with E-state index < -0.39 is 0 Å². The van der Waals surface area contributed by atoms with Crippen LogP contribution in [0.4, 0.5) is 0 Å². The Morgan fingerprint density at radius 2 is 1.40 bits per heavy atom. The fourth-order valence-electron chi connectivity index (χ4n) is 2.13. The van der Waals surface area contributed by atoms with Crippen LogP contribution < -0.4 is 0 Å². The molecule has 1 aromatic heterocycles. The van der Waals surface area contributed by atoms with Crippen molar-refractivity contribution in [3.8, 4) is 22.4 Å². The van der Waals surface area contributed by atoms with Gasteiger partial charge in [0.05, 0.1) is 5.69 Å². The standard InChI is InChI=1S/C18H14BrN/c1-13-2-4-14(5-3-13)16-10-11-20-18(12-16)15-6-8-17(19)9-7-15/h2-12H,1H3. The lowest BCUT2D eigenvalue weighted by Crippen LogP contribution is -1.85. The summed E-state index contributed by atoms with van der Waals surface area (Å²) in [4.78, 5) is 4.47. The molecule has 0 spiro atoms. The smallest absolute Gasteiger partial charge is 0.0708 e. The van der Waals surface area contributed by atoms with Gasteiger partial charge in [0.25, 0.3) is 0 Å². The Bertz CT molecular complexity index is 654. The monoisotopic (exact) mass is 323 g/mol. The third-order valence-corrected chi connectivity index (χ3v) is 3.81. The number of benzene rings is 2. The van der Waals surface area contributed by atoms with Crippen LogP contribution in [-0.4, -0.2) is 4.98 Å². The van der Waals surface area contributed by atoms with Crippen LogP contribution in [0.25, 0.3) is 22.4 Å². The Balaban J connectivity index is 2.01. The quantitative estimate of drug-likeness (QED) is 0.608. The molecule has 0 saturated carbocycles. The third-order valence-electron chi connectivity index (χ3n) is 3.28. The number of nitrogens with zero attached hydrogens (tertiary/aromatic N) is 1. The molecule has 1 nitrogen and oxygen atoms in total. The molecule has 0 unspecified atom stereocenters. The number of pyridine rings is 1. The minimum absolute atomic E-state index is 0.996. The van der Waals surface area contributed by atoms with Crippen LogP contribution in [-0.2, 0) is 0 Å². The summed E-state index contributed by atoms with van der Waals surface area (Å²) in [7, 11) is 0. The lowest BCUT2D eigenvalue weighted by Gasteiger charge is -2.06. The zero-order valence-corrected chi connectivity index (χ0v) is 12.8. The predicted octanol–water partition coefficient (Wildman–Crippen LogP) is 5.49. The fraction of sp³-hybridized carbons (Fsp3) is 0.0556. The first-order valence-corrected chi connectivity index (χ1v) is 7.31. The van der Waals surface area contributed by atoms with Gasteiger partial charge < -0.3 is 0 Å². The van der Waals surface area contributed by atoms with Crippen LogP contribution >= 0.6 is 15.9 Å². The van der Waals surface area contributed by atoms with E-state index in [4.69, 9.17) is 0 Å². The number of hydrogen-bond acceptors (Lipinski definition) is 1. The van der Waals surface area contributed by atoms with Crippen LogP contribution in [0, 0.1) is 6.92 Å². The maximum Gasteiger partial charge on any atom is 0.0708 e. The highest BCUT2D eigenvalue weighted by molar-refractivity contribution is 9.10. The molecule has 3 aromatic rings. The maximum absolute atomic E-state index is 4.47. The largest absolute Gasteiger partial charge is 0.256 e. The number of halogens is 1. The van der Waals surface area contributed by atoms with E-state index in [1.54, 1.807) is 0 Å². The van der Waals surface area contributed by atoms with E-state index in [0.29, 0.717) is 0 Å². The van der Waals surface area contributed by atoms with E-state index in [1.807, 2.05) is 24.4 Å². The summed E-state index contributed by atoms with van der Waals surface area (Å²) in [5.74, 6) is 0. The Labute approximate surface area is 127 Å². The first kappa shape index (κ1) is 13.1. The predicted molar refractivity (Wildman–Crippen MR) is 87.5 cm³/mol. The van der Waals surface area contributed by atoms with E-state index in [0.717, 1.165) is 15.7 Å². The second kappa shape index (κ2) is 5.59. The fourth-order valence-corrected chi connectivity index (χ4v) is 2.40. The van der Waals surface area contributed by atoms with E-state index in [9.17, 15) is 0 Å². The molecule has 98 valence electrons. The minimum Gasteiger partial charge on any atom is -0.256 e. The van der Waals surface area contributed by atoms with Gasteiger partial charge in [-0.3, -0.25) is 4.98 Å². The lowest BCUT2D eigenvalue weighted by atomic mass is 10.0. The van der Waals surface area contributed by atoms with E-state index in [-0.39, 0.29) is 0 Å². The zero-order chi connectivity index (χ0) is 13.9. The summed E-state index contributed by atoms with van der Waals surface area (Å²) in [5.41, 5.74) is 5.81. The minimum atomic E-state index is 0.996. The van der Waals surface area contributed by atoms with E-state index >= 15 is 0 Å². The summed E-state index contributed by atoms with van der Waals surface area (Å²) in [6, 6.07) is 21.0. The van der Waals surface area contributed by atoms with E-state index in [2.05, 4.69) is 70.3 Å². The van der Waals surface area contributed by atoms with Crippen LogP contribution in [0.2, 0.25) is 0 Å². The van der Waals surface area contributed by atoms with Crippen LogP contribution in [0.5, 0.6) is 0 Å². The molecule has 2 heteroatoms. The maximum atomic E-state index is 4.47. The Morgan fingerprint density at radius 1 is 0.750 bits per heavy atom. The molecular weight excluding hydrogens is 310 g/mol. The average molecular weight is 324 g/mol. The van der Waals surface area contributed by atoms with Gasteiger partial charge in [-0.25, -0.2) is 0 Å². The summed E-state index contributed by atoms with van der Waals surface area (Å²) in [6.45, 7) is 2.10. The molecule has 0 aliphatic carbocycles. The molecule has 1 heterocycles. The molecule has 0 amide bonds. The highest BCUT2D eigenvalue weighted by Crippen LogP contribution is 2.25. The summed E-state index contributed by atoms with van der Waals surface area (Å²) < 4.78 is 1.08. The molecule has 0 fully saturated rings.